The van der Waals surface area contributed by atoms with Crippen molar-refractivity contribution in [2.75, 3.05) is 19.8 Å². The first-order valence-corrected chi connectivity index (χ1v) is 15.4. The summed E-state index contributed by atoms with van der Waals surface area (Å²) in [5, 5.41) is 11.8. The van der Waals surface area contributed by atoms with Gasteiger partial charge in [-0.25, -0.2) is 9.46 Å². The number of hydrogen-bond acceptors (Lipinski definition) is 6. The van der Waals surface area contributed by atoms with Gasteiger partial charge in [0, 0.05) is 41.7 Å². The van der Waals surface area contributed by atoms with Crippen molar-refractivity contribution in [3.63, 3.8) is 0 Å². The largest absolute Gasteiger partial charge is 0.441 e. The number of ether oxygens (including phenoxy) is 1. The summed E-state index contributed by atoms with van der Waals surface area (Å²) in [6.07, 6.45) is 3.88. The van der Waals surface area contributed by atoms with E-state index in [1.807, 2.05) is 48.5 Å². The molecule has 0 radical (unpaired) electrons. The van der Waals surface area contributed by atoms with E-state index in [0.717, 1.165) is 47.9 Å². The molecule has 0 saturated carbocycles. The third kappa shape index (κ3) is 9.92. The Balaban J connectivity index is 1.40. The predicted octanol–water partition coefficient (Wildman–Crippen LogP) is 7.26. The Morgan fingerprint density at radius 3 is 2.38 bits per heavy atom. The van der Waals surface area contributed by atoms with E-state index in [2.05, 4.69) is 55.6 Å². The molecule has 0 heterocycles. The summed E-state index contributed by atoms with van der Waals surface area (Å²) in [4.78, 5) is 12.7. The van der Waals surface area contributed by atoms with E-state index in [-0.39, 0.29) is 12.1 Å². The van der Waals surface area contributed by atoms with Gasteiger partial charge in [0.05, 0.1) is 25.7 Å². The smallest absolute Gasteiger partial charge is 0.407 e. The number of rotatable bonds is 15. The Bertz CT molecular complexity index is 1180. The topological polar surface area (TPSA) is 83.8 Å². The Labute approximate surface area is 241 Å². The zero-order chi connectivity index (χ0) is 28.7. The van der Waals surface area contributed by atoms with Gasteiger partial charge in [-0.1, -0.05) is 61.1 Å². The number of alkyl carbamates (subject to hydrolysis) is 1. The number of nitrogens with one attached hydrogen (secondary N) is 1. The summed E-state index contributed by atoms with van der Waals surface area (Å²) >= 11 is 0. The SMILES string of the molecule is CC(C)N(C(C)C)P(OCCC#N)OCCCCCCNC(=O)OC1Cc2ccccc2C#Cc2ccccc21. The molecular weight excluding hydrogens is 521 g/mol. The molecule has 8 heteroatoms. The minimum absolute atomic E-state index is 0.289. The Hall–Kier alpha value is -2.93. The maximum absolute atomic E-state index is 12.7. The quantitative estimate of drug-likeness (QED) is 0.139. The van der Waals surface area contributed by atoms with Gasteiger partial charge in [-0.05, 0) is 58.2 Å². The number of fused-ring (bicyclic) bond motifs is 2. The van der Waals surface area contributed by atoms with Crippen molar-refractivity contribution < 1.29 is 18.6 Å². The van der Waals surface area contributed by atoms with E-state index in [1.165, 1.54) is 0 Å². The lowest BCUT2D eigenvalue weighted by Gasteiger charge is -2.35. The maximum atomic E-state index is 12.7. The van der Waals surface area contributed by atoms with Crippen molar-refractivity contribution >= 4 is 14.6 Å². The van der Waals surface area contributed by atoms with Crippen molar-refractivity contribution in [1.29, 1.82) is 5.26 Å². The molecule has 0 aliphatic heterocycles. The van der Waals surface area contributed by atoms with Gasteiger partial charge in [0.2, 0.25) is 0 Å². The molecule has 3 rings (SSSR count). The van der Waals surface area contributed by atoms with Gasteiger partial charge >= 0.3 is 6.09 Å². The highest BCUT2D eigenvalue weighted by molar-refractivity contribution is 7.44. The third-order valence-corrected chi connectivity index (χ3v) is 8.62. The van der Waals surface area contributed by atoms with Gasteiger partial charge < -0.3 is 19.1 Å². The molecule has 1 amide bonds. The summed E-state index contributed by atoms with van der Waals surface area (Å²) < 4.78 is 20.2. The Morgan fingerprint density at radius 1 is 0.975 bits per heavy atom. The molecule has 0 fully saturated rings. The van der Waals surface area contributed by atoms with Crippen LogP contribution in [-0.2, 0) is 20.2 Å². The fraction of sp³-hybridized carbons (Fsp3) is 0.500. The molecule has 2 unspecified atom stereocenters. The second-order valence-electron chi connectivity index (χ2n) is 10.3. The van der Waals surface area contributed by atoms with Crippen LogP contribution in [0.5, 0.6) is 0 Å². The summed E-state index contributed by atoms with van der Waals surface area (Å²) in [7, 11) is -1.20. The van der Waals surface area contributed by atoms with Crippen LogP contribution in [0.2, 0.25) is 0 Å². The molecule has 7 nitrogen and oxygen atoms in total. The van der Waals surface area contributed by atoms with E-state index in [4.69, 9.17) is 19.0 Å². The van der Waals surface area contributed by atoms with Crippen LogP contribution in [0.1, 0.15) is 88.2 Å². The average molecular weight is 564 g/mol. The Morgan fingerprint density at radius 2 is 1.62 bits per heavy atom. The number of nitrogens with zero attached hydrogens (tertiary/aromatic N) is 2. The second kappa shape index (κ2) is 17.0. The van der Waals surface area contributed by atoms with Crippen LogP contribution in [0.25, 0.3) is 0 Å². The van der Waals surface area contributed by atoms with E-state index in [1.54, 1.807) is 0 Å². The molecule has 0 bridgehead atoms. The molecule has 1 aliphatic carbocycles. The van der Waals surface area contributed by atoms with Crippen molar-refractivity contribution in [3.8, 4) is 17.9 Å². The zero-order valence-corrected chi connectivity index (χ0v) is 25.1. The summed E-state index contributed by atoms with van der Waals surface area (Å²) in [6, 6.07) is 18.6. The third-order valence-electron chi connectivity index (χ3n) is 6.52. The first-order chi connectivity index (χ1) is 19.4. The van der Waals surface area contributed by atoms with Crippen LogP contribution in [0.3, 0.4) is 0 Å². The van der Waals surface area contributed by atoms with Crippen molar-refractivity contribution in [1.82, 2.24) is 9.99 Å². The van der Waals surface area contributed by atoms with Gasteiger partial charge in [0.15, 0.2) is 0 Å². The highest BCUT2D eigenvalue weighted by atomic mass is 31.2. The molecule has 0 saturated heterocycles. The number of hydrogen-bond donors (Lipinski definition) is 1. The number of nitriles is 1. The number of carbonyl (C=O) groups is 1. The Kier molecular flexibility index (Phi) is 13.4. The van der Waals surface area contributed by atoms with E-state index in [0.29, 0.717) is 32.6 Å². The van der Waals surface area contributed by atoms with Crippen LogP contribution in [0.4, 0.5) is 4.79 Å². The van der Waals surface area contributed by atoms with E-state index in [9.17, 15) is 4.79 Å². The molecular formula is C32H42N3O4P. The fourth-order valence-corrected chi connectivity index (χ4v) is 6.29. The van der Waals surface area contributed by atoms with Crippen LogP contribution < -0.4 is 5.32 Å². The molecule has 2 aromatic rings. The van der Waals surface area contributed by atoms with Gasteiger partial charge in [0.1, 0.15) is 6.10 Å². The van der Waals surface area contributed by atoms with Crippen molar-refractivity contribution in [3.05, 3.63) is 70.8 Å². The monoisotopic (exact) mass is 563 g/mol. The zero-order valence-electron chi connectivity index (χ0n) is 24.2. The van der Waals surface area contributed by atoms with Crippen LogP contribution in [0, 0.1) is 23.2 Å². The van der Waals surface area contributed by atoms with Gasteiger partial charge in [0.25, 0.3) is 8.53 Å². The minimum atomic E-state index is -1.20. The van der Waals surface area contributed by atoms with Gasteiger partial charge in [-0.3, -0.25) is 0 Å². The summed E-state index contributed by atoms with van der Waals surface area (Å²) in [6.45, 7) is 10.1. The summed E-state index contributed by atoms with van der Waals surface area (Å²) in [5.41, 5.74) is 3.87. The fourth-order valence-electron chi connectivity index (χ4n) is 4.66. The molecule has 2 atom stereocenters. The van der Waals surface area contributed by atoms with Crippen molar-refractivity contribution in [2.24, 2.45) is 0 Å². The second-order valence-corrected chi connectivity index (χ2v) is 11.8. The van der Waals surface area contributed by atoms with Crippen LogP contribution >= 0.6 is 8.53 Å². The standard InChI is InChI=1S/C32H42N3O4P/c1-25(2)35(26(3)4)40(38-23-13-20-33)37-22-12-6-5-11-21-34-32(36)39-31-24-29-16-8-7-14-27(29)18-19-28-15-9-10-17-30(28)31/h7-10,14-17,25-26,31H,5-6,11-13,21-24H2,1-4H3,(H,34,36). The van der Waals surface area contributed by atoms with E-state index < -0.39 is 20.7 Å². The highest BCUT2D eigenvalue weighted by Gasteiger charge is 2.27. The average Bonchev–Trinajstić information content (AvgIpc) is 2.92. The van der Waals surface area contributed by atoms with Crippen LogP contribution in [-0.4, -0.2) is 42.6 Å². The normalized spacial score (nSPS) is 14.8. The van der Waals surface area contributed by atoms with Gasteiger partial charge in [-0.15, -0.1) is 0 Å². The number of unbranched alkanes of at least 4 members (excludes halogenated alkanes) is 3. The van der Waals surface area contributed by atoms with E-state index >= 15 is 0 Å². The first kappa shape index (κ1) is 31.6. The predicted molar refractivity (Wildman–Crippen MR) is 159 cm³/mol. The molecule has 1 N–H and O–H groups in total. The number of carbonyl (C=O) groups excluding carboxylic acids is 1. The maximum Gasteiger partial charge on any atom is 0.407 e. The first-order valence-electron chi connectivity index (χ1n) is 14.2. The lowest BCUT2D eigenvalue weighted by Crippen LogP contribution is -2.33. The molecule has 0 aromatic heterocycles. The summed E-state index contributed by atoms with van der Waals surface area (Å²) in [5.74, 6) is 6.50. The lowest BCUT2D eigenvalue weighted by atomic mass is 9.92. The molecule has 2 aromatic carbocycles. The molecule has 40 heavy (non-hydrogen) atoms. The number of benzene rings is 2. The van der Waals surface area contributed by atoms with Crippen LogP contribution in [0.15, 0.2) is 48.5 Å². The van der Waals surface area contributed by atoms with Crippen molar-refractivity contribution in [2.45, 2.75) is 84.4 Å². The number of amides is 1. The van der Waals surface area contributed by atoms with Gasteiger partial charge in [-0.2, -0.15) is 5.26 Å². The lowest BCUT2D eigenvalue weighted by molar-refractivity contribution is 0.0971. The highest BCUT2D eigenvalue weighted by Crippen LogP contribution is 2.46. The molecule has 214 valence electrons. The molecule has 1 aliphatic rings. The molecule has 0 spiro atoms. The minimum Gasteiger partial charge on any atom is -0.441 e.